The first-order valence-corrected chi connectivity index (χ1v) is 11.6. The molecule has 1 aliphatic carbocycles. The number of hydrogen-bond acceptors (Lipinski definition) is 3. The fraction of sp³-hybridized carbons (Fsp3) is 0.520. The average molecular weight is 422 g/mol. The van der Waals surface area contributed by atoms with E-state index in [0.717, 1.165) is 58.1 Å². The first-order valence-electron chi connectivity index (χ1n) is 11.6. The van der Waals surface area contributed by atoms with Gasteiger partial charge in [-0.1, -0.05) is 48.9 Å². The molecule has 166 valence electrons. The highest BCUT2D eigenvalue weighted by atomic mass is 16.2. The quantitative estimate of drug-likeness (QED) is 0.556. The van der Waals surface area contributed by atoms with Crippen LogP contribution >= 0.6 is 0 Å². The lowest BCUT2D eigenvalue weighted by atomic mass is 9.84. The number of nitrogens with one attached hydrogen (secondary N) is 2. The summed E-state index contributed by atoms with van der Waals surface area (Å²) in [5, 5.41) is 9.51. The van der Waals surface area contributed by atoms with Gasteiger partial charge >= 0.3 is 0 Å². The molecule has 0 bridgehead atoms. The predicted octanol–water partition coefficient (Wildman–Crippen LogP) is 3.01. The van der Waals surface area contributed by atoms with Crippen LogP contribution in [0.3, 0.4) is 0 Å². The van der Waals surface area contributed by atoms with E-state index >= 15 is 0 Å². The van der Waals surface area contributed by atoms with Gasteiger partial charge in [0.05, 0.1) is 6.04 Å². The van der Waals surface area contributed by atoms with Gasteiger partial charge in [0.1, 0.15) is 0 Å². The maximum Gasteiger partial charge on any atom is 0.225 e. The van der Waals surface area contributed by atoms with Crippen LogP contribution in [-0.2, 0) is 4.79 Å². The smallest absolute Gasteiger partial charge is 0.225 e. The third-order valence-corrected chi connectivity index (χ3v) is 6.73. The zero-order valence-electron chi connectivity index (χ0n) is 18.8. The van der Waals surface area contributed by atoms with Gasteiger partial charge in [0, 0.05) is 52.2 Å². The standard InChI is InChI=1S/C25H35N5O/c1-19(22-12-6-8-20-7-3-4-11-23(20)22)28-25(26-2)27-13-14-29-15-17-30(18-16-29)24(31)21-9-5-10-21/h3-4,6-8,11-12,19,21H,5,9-10,13-18H2,1-2H3,(H2,26,27,28). The Morgan fingerprint density at radius 1 is 1.10 bits per heavy atom. The van der Waals surface area contributed by atoms with E-state index in [-0.39, 0.29) is 6.04 Å². The van der Waals surface area contributed by atoms with Crippen molar-refractivity contribution in [1.29, 1.82) is 0 Å². The van der Waals surface area contributed by atoms with Crippen LogP contribution in [0.25, 0.3) is 10.8 Å². The molecule has 0 aromatic heterocycles. The summed E-state index contributed by atoms with van der Waals surface area (Å²) in [5.74, 6) is 1.52. The van der Waals surface area contributed by atoms with Crippen LogP contribution in [0.4, 0.5) is 0 Å². The van der Waals surface area contributed by atoms with Crippen molar-refractivity contribution in [3.63, 3.8) is 0 Å². The molecule has 1 aliphatic heterocycles. The number of carbonyl (C=O) groups is 1. The van der Waals surface area contributed by atoms with Gasteiger partial charge in [-0.2, -0.15) is 0 Å². The van der Waals surface area contributed by atoms with Crippen LogP contribution in [0.15, 0.2) is 47.5 Å². The number of carbonyl (C=O) groups excluding carboxylic acids is 1. The number of benzene rings is 2. The number of hydrogen-bond donors (Lipinski definition) is 2. The van der Waals surface area contributed by atoms with Gasteiger partial charge in [0.2, 0.25) is 5.91 Å². The molecule has 2 aliphatic rings. The summed E-state index contributed by atoms with van der Waals surface area (Å²) >= 11 is 0. The summed E-state index contributed by atoms with van der Waals surface area (Å²) in [6, 6.07) is 15.1. The summed E-state index contributed by atoms with van der Waals surface area (Å²) in [6.45, 7) is 7.60. The molecular weight excluding hydrogens is 386 g/mol. The minimum absolute atomic E-state index is 0.151. The number of piperazine rings is 1. The maximum absolute atomic E-state index is 12.4. The third-order valence-electron chi connectivity index (χ3n) is 6.73. The Hall–Kier alpha value is -2.60. The van der Waals surface area contributed by atoms with Crippen LogP contribution < -0.4 is 10.6 Å². The Morgan fingerprint density at radius 2 is 1.84 bits per heavy atom. The molecule has 31 heavy (non-hydrogen) atoms. The molecule has 1 saturated carbocycles. The average Bonchev–Trinajstić information content (AvgIpc) is 2.77. The summed E-state index contributed by atoms with van der Waals surface area (Å²) < 4.78 is 0. The van der Waals surface area contributed by atoms with Crippen LogP contribution in [0, 0.1) is 5.92 Å². The number of rotatable bonds is 6. The largest absolute Gasteiger partial charge is 0.355 e. The highest BCUT2D eigenvalue weighted by Crippen LogP contribution is 2.28. The van der Waals surface area contributed by atoms with E-state index in [2.05, 4.69) is 74.8 Å². The van der Waals surface area contributed by atoms with Crippen LogP contribution in [0.5, 0.6) is 0 Å². The summed E-state index contributed by atoms with van der Waals surface area (Å²) in [5.41, 5.74) is 1.27. The van der Waals surface area contributed by atoms with E-state index < -0.39 is 0 Å². The summed E-state index contributed by atoms with van der Waals surface area (Å²) in [4.78, 5) is 21.3. The minimum Gasteiger partial charge on any atom is -0.355 e. The molecule has 1 amide bonds. The lowest BCUT2D eigenvalue weighted by molar-refractivity contribution is -0.139. The molecule has 4 rings (SSSR count). The van der Waals surface area contributed by atoms with Crippen molar-refractivity contribution >= 4 is 22.6 Å². The number of amides is 1. The maximum atomic E-state index is 12.4. The van der Waals surface area contributed by atoms with Crippen molar-refractivity contribution in [2.75, 3.05) is 46.3 Å². The SMILES string of the molecule is CN=C(NCCN1CCN(C(=O)C2CCC2)CC1)NC(C)c1cccc2ccccc12. The molecular formula is C25H35N5O. The molecule has 2 aromatic carbocycles. The van der Waals surface area contributed by atoms with Gasteiger partial charge in [-0.15, -0.1) is 0 Å². The first kappa shape index (κ1) is 21.6. The van der Waals surface area contributed by atoms with Crippen molar-refractivity contribution < 1.29 is 4.79 Å². The summed E-state index contributed by atoms with van der Waals surface area (Å²) in [7, 11) is 1.82. The predicted molar refractivity (Wildman–Crippen MR) is 127 cm³/mol. The topological polar surface area (TPSA) is 60.0 Å². The van der Waals surface area contributed by atoms with Crippen molar-refractivity contribution in [2.45, 2.75) is 32.2 Å². The fourth-order valence-electron chi connectivity index (χ4n) is 4.54. The van der Waals surface area contributed by atoms with Crippen molar-refractivity contribution in [1.82, 2.24) is 20.4 Å². The Kier molecular flexibility index (Phi) is 7.07. The van der Waals surface area contributed by atoms with Gasteiger partial charge in [0.15, 0.2) is 5.96 Å². The molecule has 6 nitrogen and oxygen atoms in total. The second-order valence-corrected chi connectivity index (χ2v) is 8.73. The normalized spacial score (nSPS) is 19.2. The highest BCUT2D eigenvalue weighted by molar-refractivity contribution is 5.87. The molecule has 6 heteroatoms. The molecule has 2 fully saturated rings. The lowest BCUT2D eigenvalue weighted by Crippen LogP contribution is -2.52. The molecule has 1 unspecified atom stereocenters. The second kappa shape index (κ2) is 10.1. The number of aliphatic imine (C=N–C) groups is 1. The molecule has 0 spiro atoms. The van der Waals surface area contributed by atoms with Crippen LogP contribution in [0.2, 0.25) is 0 Å². The Balaban J connectivity index is 1.22. The van der Waals surface area contributed by atoms with E-state index in [0.29, 0.717) is 11.8 Å². The van der Waals surface area contributed by atoms with Crippen molar-refractivity contribution in [2.24, 2.45) is 10.9 Å². The van der Waals surface area contributed by atoms with E-state index in [1.54, 1.807) is 0 Å². The van der Waals surface area contributed by atoms with Crippen LogP contribution in [0.1, 0.15) is 37.8 Å². The minimum atomic E-state index is 0.151. The van der Waals surface area contributed by atoms with Crippen molar-refractivity contribution in [3.8, 4) is 0 Å². The zero-order chi connectivity index (χ0) is 21.6. The lowest BCUT2D eigenvalue weighted by Gasteiger charge is -2.38. The number of nitrogens with zero attached hydrogens (tertiary/aromatic N) is 3. The molecule has 2 aromatic rings. The molecule has 2 N–H and O–H groups in total. The highest BCUT2D eigenvalue weighted by Gasteiger charge is 2.31. The van der Waals surface area contributed by atoms with Gasteiger partial charge in [-0.25, -0.2) is 0 Å². The van der Waals surface area contributed by atoms with Gasteiger partial charge < -0.3 is 15.5 Å². The van der Waals surface area contributed by atoms with E-state index in [1.807, 2.05) is 7.05 Å². The fourth-order valence-corrected chi connectivity index (χ4v) is 4.54. The van der Waals surface area contributed by atoms with E-state index in [9.17, 15) is 4.79 Å². The van der Waals surface area contributed by atoms with Gasteiger partial charge in [-0.3, -0.25) is 14.7 Å². The Bertz CT molecular complexity index is 910. The first-order chi connectivity index (χ1) is 15.2. The van der Waals surface area contributed by atoms with Crippen molar-refractivity contribution in [3.05, 3.63) is 48.0 Å². The molecule has 1 heterocycles. The van der Waals surface area contributed by atoms with Crippen LogP contribution in [-0.4, -0.2) is 68.0 Å². The summed E-state index contributed by atoms with van der Waals surface area (Å²) in [6.07, 6.45) is 3.40. The molecule has 1 saturated heterocycles. The van der Waals surface area contributed by atoms with Gasteiger partial charge in [0.25, 0.3) is 0 Å². The molecule has 1 atom stereocenters. The Morgan fingerprint density at radius 3 is 2.55 bits per heavy atom. The Labute approximate surface area is 185 Å². The number of fused-ring (bicyclic) bond motifs is 1. The van der Waals surface area contributed by atoms with Gasteiger partial charge in [-0.05, 0) is 36.1 Å². The zero-order valence-corrected chi connectivity index (χ0v) is 18.8. The second-order valence-electron chi connectivity index (χ2n) is 8.73. The number of guanidine groups is 1. The van der Waals surface area contributed by atoms with E-state index in [1.165, 1.54) is 22.8 Å². The van der Waals surface area contributed by atoms with E-state index in [4.69, 9.17) is 0 Å². The third kappa shape index (κ3) is 5.18. The molecule has 0 radical (unpaired) electrons. The monoisotopic (exact) mass is 421 g/mol.